The Morgan fingerprint density at radius 3 is 2.57 bits per heavy atom. The van der Waals surface area contributed by atoms with Crippen LogP contribution in [0.4, 0.5) is 4.79 Å². The van der Waals surface area contributed by atoms with E-state index in [4.69, 9.17) is 10.6 Å². The van der Waals surface area contributed by atoms with Crippen molar-refractivity contribution in [2.45, 2.75) is 6.61 Å². The van der Waals surface area contributed by atoms with E-state index in [0.29, 0.717) is 5.23 Å². The molecule has 0 heterocycles. The van der Waals surface area contributed by atoms with Gasteiger partial charge >= 0.3 is 6.03 Å². The lowest BCUT2D eigenvalue weighted by atomic mass is 10.2. The maximum Gasteiger partial charge on any atom is 0.364 e. The number of nitrogens with two attached hydrogens (primary N) is 1. The topological polar surface area (TPSA) is 64.8 Å². The number of hydroxylamine groups is 2. The minimum atomic E-state index is -0.788. The average Bonchev–Trinajstić information content (AvgIpc) is 2.20. The average molecular weight is 196 g/mol. The van der Waals surface area contributed by atoms with Crippen LogP contribution in [0.3, 0.4) is 0 Å². The molecule has 1 aromatic rings. The zero-order valence-electron chi connectivity index (χ0n) is 7.84. The third-order valence-corrected chi connectivity index (χ3v) is 1.54. The fourth-order valence-electron chi connectivity index (χ4n) is 0.914. The minimum Gasteiger partial charge on any atom is -0.348 e. The van der Waals surface area contributed by atoms with Crippen molar-refractivity contribution in [1.82, 2.24) is 5.23 Å². The highest BCUT2D eigenvalue weighted by atomic mass is 17.0. The molecule has 0 aromatic heterocycles. The Balaban J connectivity index is 2.44. The molecule has 14 heavy (non-hydrogen) atoms. The van der Waals surface area contributed by atoms with Crippen LogP contribution in [0.2, 0.25) is 0 Å². The van der Waals surface area contributed by atoms with E-state index in [1.54, 1.807) is 0 Å². The van der Waals surface area contributed by atoms with Gasteiger partial charge in [-0.05, 0) is 5.56 Å². The van der Waals surface area contributed by atoms with E-state index >= 15 is 0 Å². The highest BCUT2D eigenvalue weighted by molar-refractivity contribution is 5.69. The van der Waals surface area contributed by atoms with Crippen LogP contribution in [-0.2, 0) is 16.3 Å². The molecule has 0 atom stereocenters. The molecule has 0 spiro atoms. The number of hydrogen-bond acceptors (Lipinski definition) is 3. The Kier molecular flexibility index (Phi) is 3.90. The van der Waals surface area contributed by atoms with Crippen molar-refractivity contribution < 1.29 is 14.5 Å². The van der Waals surface area contributed by atoms with Crippen molar-refractivity contribution in [3.63, 3.8) is 0 Å². The number of hydrogen-bond donors (Lipinski definition) is 1. The molecule has 0 bridgehead atoms. The lowest BCUT2D eigenvalue weighted by Gasteiger charge is -2.15. The second-order valence-corrected chi connectivity index (χ2v) is 2.54. The first-order valence-corrected chi connectivity index (χ1v) is 4.04. The summed E-state index contributed by atoms with van der Waals surface area (Å²) in [5.74, 6) is 0. The van der Waals surface area contributed by atoms with E-state index in [0.717, 1.165) is 5.56 Å². The normalized spacial score (nSPS) is 9.79. The Morgan fingerprint density at radius 1 is 1.43 bits per heavy atom. The molecule has 0 radical (unpaired) electrons. The van der Waals surface area contributed by atoms with Crippen LogP contribution in [-0.4, -0.2) is 18.4 Å². The molecule has 0 fully saturated rings. The number of benzene rings is 1. The van der Waals surface area contributed by atoms with Crippen LogP contribution in [0.5, 0.6) is 0 Å². The van der Waals surface area contributed by atoms with Gasteiger partial charge in [0.05, 0.1) is 7.11 Å². The minimum absolute atomic E-state index is 0.234. The fourth-order valence-corrected chi connectivity index (χ4v) is 0.914. The molecule has 0 unspecified atom stereocenters. The van der Waals surface area contributed by atoms with Crippen LogP contribution in [0.25, 0.3) is 0 Å². The molecule has 76 valence electrons. The summed E-state index contributed by atoms with van der Waals surface area (Å²) in [4.78, 5) is 20.2. The highest BCUT2D eigenvalue weighted by Gasteiger charge is 2.08. The Morgan fingerprint density at radius 2 is 2.07 bits per heavy atom. The first-order valence-electron chi connectivity index (χ1n) is 4.04. The number of rotatable bonds is 4. The highest BCUT2D eigenvalue weighted by Crippen LogP contribution is 2.02. The van der Waals surface area contributed by atoms with Gasteiger partial charge in [0, 0.05) is 0 Å². The molecule has 2 N–H and O–H groups in total. The summed E-state index contributed by atoms with van der Waals surface area (Å²) in [6, 6.07) is 8.60. The number of carbonyl (C=O) groups excluding carboxylic acids is 1. The van der Waals surface area contributed by atoms with Gasteiger partial charge in [0.1, 0.15) is 6.61 Å². The summed E-state index contributed by atoms with van der Waals surface area (Å²) in [7, 11) is 1.30. The summed E-state index contributed by atoms with van der Waals surface area (Å²) >= 11 is 0. The maximum atomic E-state index is 10.6. The smallest absolute Gasteiger partial charge is 0.348 e. The molecule has 5 nitrogen and oxygen atoms in total. The summed E-state index contributed by atoms with van der Waals surface area (Å²) in [6.45, 7) is 0.234. The Bertz CT molecular complexity index is 289. The SMILES string of the molecule is CON(OCc1ccccc1)C(N)=O. The molecule has 0 saturated heterocycles. The lowest BCUT2D eigenvalue weighted by Crippen LogP contribution is -2.34. The molecule has 0 saturated carbocycles. The number of carbonyl (C=O) groups is 1. The van der Waals surface area contributed by atoms with Gasteiger partial charge in [-0.2, -0.15) is 0 Å². The van der Waals surface area contributed by atoms with E-state index in [9.17, 15) is 4.79 Å². The van der Waals surface area contributed by atoms with Crippen molar-refractivity contribution in [2.75, 3.05) is 7.11 Å². The number of primary amides is 1. The van der Waals surface area contributed by atoms with Crippen molar-refractivity contribution in [3.05, 3.63) is 35.9 Å². The van der Waals surface area contributed by atoms with Crippen molar-refractivity contribution in [1.29, 1.82) is 0 Å². The molecule has 5 heteroatoms. The standard InChI is InChI=1S/C9H12N2O3/c1-13-11(9(10)12)14-7-8-5-3-2-4-6-8/h2-6H,7H2,1H3,(H2,10,12). The molecule has 0 aliphatic carbocycles. The predicted molar refractivity (Wildman–Crippen MR) is 49.7 cm³/mol. The summed E-state index contributed by atoms with van der Waals surface area (Å²) in [5, 5.41) is 0.632. The van der Waals surface area contributed by atoms with E-state index in [1.807, 2.05) is 30.3 Å². The molecular formula is C9H12N2O3. The van der Waals surface area contributed by atoms with Gasteiger partial charge in [0.15, 0.2) is 0 Å². The van der Waals surface area contributed by atoms with Crippen molar-refractivity contribution in [3.8, 4) is 0 Å². The quantitative estimate of drug-likeness (QED) is 0.732. The predicted octanol–water partition coefficient (Wildman–Crippen LogP) is 1.06. The van der Waals surface area contributed by atoms with Gasteiger partial charge in [-0.25, -0.2) is 14.5 Å². The second-order valence-electron chi connectivity index (χ2n) is 2.54. The third-order valence-electron chi connectivity index (χ3n) is 1.54. The van der Waals surface area contributed by atoms with Gasteiger partial charge in [0.25, 0.3) is 0 Å². The summed E-state index contributed by atoms with van der Waals surface area (Å²) in [6.07, 6.45) is 0. The molecular weight excluding hydrogens is 184 g/mol. The zero-order chi connectivity index (χ0) is 10.4. The first-order chi connectivity index (χ1) is 6.74. The van der Waals surface area contributed by atoms with Gasteiger partial charge in [0.2, 0.25) is 0 Å². The van der Waals surface area contributed by atoms with Crippen LogP contribution in [0, 0.1) is 0 Å². The number of nitrogens with zero attached hydrogens (tertiary/aromatic N) is 1. The molecule has 0 aliphatic heterocycles. The molecule has 0 aliphatic rings. The molecule has 2 amide bonds. The van der Waals surface area contributed by atoms with Crippen LogP contribution in [0.1, 0.15) is 5.56 Å². The lowest BCUT2D eigenvalue weighted by molar-refractivity contribution is -0.318. The maximum absolute atomic E-state index is 10.6. The van der Waals surface area contributed by atoms with E-state index in [1.165, 1.54) is 7.11 Å². The van der Waals surface area contributed by atoms with Gasteiger partial charge in [-0.1, -0.05) is 35.6 Å². The van der Waals surface area contributed by atoms with E-state index in [2.05, 4.69) is 4.84 Å². The van der Waals surface area contributed by atoms with Crippen LogP contribution in [0.15, 0.2) is 30.3 Å². The van der Waals surface area contributed by atoms with Crippen LogP contribution < -0.4 is 5.73 Å². The molecule has 1 rings (SSSR count). The van der Waals surface area contributed by atoms with Crippen LogP contribution >= 0.6 is 0 Å². The largest absolute Gasteiger partial charge is 0.364 e. The number of amides is 2. The fraction of sp³-hybridized carbons (Fsp3) is 0.222. The molecule has 1 aromatic carbocycles. The monoisotopic (exact) mass is 196 g/mol. The van der Waals surface area contributed by atoms with Crippen molar-refractivity contribution in [2.24, 2.45) is 5.73 Å². The Labute approximate surface area is 81.9 Å². The Hall–Kier alpha value is -1.59. The van der Waals surface area contributed by atoms with E-state index < -0.39 is 6.03 Å². The summed E-state index contributed by atoms with van der Waals surface area (Å²) in [5.41, 5.74) is 5.88. The summed E-state index contributed by atoms with van der Waals surface area (Å²) < 4.78 is 0. The number of urea groups is 1. The second kappa shape index (κ2) is 5.21. The zero-order valence-corrected chi connectivity index (χ0v) is 7.84. The van der Waals surface area contributed by atoms with Gasteiger partial charge in [-0.15, -0.1) is 0 Å². The van der Waals surface area contributed by atoms with Gasteiger partial charge < -0.3 is 5.73 Å². The van der Waals surface area contributed by atoms with Crippen molar-refractivity contribution >= 4 is 6.03 Å². The first kappa shape index (κ1) is 10.5. The van der Waals surface area contributed by atoms with E-state index in [-0.39, 0.29) is 6.61 Å². The third kappa shape index (κ3) is 3.04. The van der Waals surface area contributed by atoms with Gasteiger partial charge in [-0.3, -0.25) is 0 Å².